The summed E-state index contributed by atoms with van der Waals surface area (Å²) in [4.78, 5) is 10.5. The van der Waals surface area contributed by atoms with Crippen LogP contribution in [0.1, 0.15) is 11.7 Å². The van der Waals surface area contributed by atoms with Gasteiger partial charge in [-0.25, -0.2) is 4.79 Å². The molecule has 0 aliphatic carbocycles. The largest absolute Gasteiger partial charge is 0.491 e. The minimum Gasteiger partial charge on any atom is -0.491 e. The van der Waals surface area contributed by atoms with Crippen molar-refractivity contribution in [2.24, 2.45) is 0 Å². The van der Waals surface area contributed by atoms with Gasteiger partial charge in [0.15, 0.2) is 6.10 Å². The lowest BCUT2D eigenvalue weighted by atomic mass is 10.1. The Morgan fingerprint density at radius 1 is 1.50 bits per heavy atom. The molecule has 1 aromatic rings. The van der Waals surface area contributed by atoms with E-state index in [1.54, 1.807) is 12.1 Å². The Bertz CT molecular complexity index is 368. The van der Waals surface area contributed by atoms with E-state index in [4.69, 9.17) is 14.6 Å². The van der Waals surface area contributed by atoms with Crippen LogP contribution in [0.15, 0.2) is 24.3 Å². The molecular weight excluding hydrogens is 212 g/mol. The van der Waals surface area contributed by atoms with Crippen LogP contribution in [-0.4, -0.2) is 35.5 Å². The third kappa shape index (κ3) is 2.71. The lowest BCUT2D eigenvalue weighted by Gasteiger charge is -2.07. The van der Waals surface area contributed by atoms with Gasteiger partial charge in [0.2, 0.25) is 0 Å². The standard InChI is InChI=1S/C11H12O5/c12-10(11(13)14)7-1-3-8(4-2-7)15-5-9-6-16-9/h1-4,9-10,12H,5-6H2,(H,13,14). The Morgan fingerprint density at radius 2 is 2.12 bits per heavy atom. The molecule has 0 amide bonds. The van der Waals surface area contributed by atoms with Gasteiger partial charge < -0.3 is 19.7 Å². The molecule has 0 radical (unpaired) electrons. The molecule has 2 N–H and O–H groups in total. The highest BCUT2D eigenvalue weighted by Crippen LogP contribution is 2.19. The number of hydrogen-bond acceptors (Lipinski definition) is 4. The first-order valence-corrected chi connectivity index (χ1v) is 4.92. The van der Waals surface area contributed by atoms with Crippen molar-refractivity contribution in [2.75, 3.05) is 13.2 Å². The maximum atomic E-state index is 10.5. The topological polar surface area (TPSA) is 79.3 Å². The third-order valence-electron chi connectivity index (χ3n) is 2.27. The van der Waals surface area contributed by atoms with E-state index in [0.717, 1.165) is 6.61 Å². The normalized spacial score (nSPS) is 20.2. The number of benzene rings is 1. The smallest absolute Gasteiger partial charge is 0.337 e. The summed E-state index contributed by atoms with van der Waals surface area (Å²) in [5.41, 5.74) is 0.336. The summed E-state index contributed by atoms with van der Waals surface area (Å²) in [6.45, 7) is 1.23. The number of epoxide rings is 1. The molecular formula is C11H12O5. The number of rotatable bonds is 5. The van der Waals surface area contributed by atoms with Crippen LogP contribution >= 0.6 is 0 Å². The van der Waals surface area contributed by atoms with Crippen molar-refractivity contribution < 1.29 is 24.5 Å². The van der Waals surface area contributed by atoms with Crippen molar-refractivity contribution in [3.05, 3.63) is 29.8 Å². The summed E-state index contributed by atoms with van der Waals surface area (Å²) in [6.07, 6.45) is -1.30. The van der Waals surface area contributed by atoms with Crippen LogP contribution in [0.2, 0.25) is 0 Å². The Hall–Kier alpha value is -1.59. The van der Waals surface area contributed by atoms with Gasteiger partial charge in [0.25, 0.3) is 0 Å². The van der Waals surface area contributed by atoms with E-state index >= 15 is 0 Å². The number of aliphatic hydroxyl groups excluding tert-OH is 1. The maximum Gasteiger partial charge on any atom is 0.337 e. The fourth-order valence-corrected chi connectivity index (χ4v) is 1.24. The summed E-state index contributed by atoms with van der Waals surface area (Å²) in [5, 5.41) is 17.8. The quantitative estimate of drug-likeness (QED) is 0.715. The van der Waals surface area contributed by atoms with Crippen LogP contribution < -0.4 is 4.74 Å². The zero-order chi connectivity index (χ0) is 11.5. The first-order chi connectivity index (χ1) is 7.66. The van der Waals surface area contributed by atoms with Crippen LogP contribution in [0.5, 0.6) is 5.75 Å². The SMILES string of the molecule is O=C(O)C(O)c1ccc(OCC2CO2)cc1. The Balaban J connectivity index is 1.94. The van der Waals surface area contributed by atoms with Gasteiger partial charge in [0.05, 0.1) is 6.61 Å². The highest BCUT2D eigenvalue weighted by molar-refractivity contribution is 5.74. The van der Waals surface area contributed by atoms with Crippen molar-refractivity contribution in [1.29, 1.82) is 0 Å². The van der Waals surface area contributed by atoms with Crippen molar-refractivity contribution in [2.45, 2.75) is 12.2 Å². The highest BCUT2D eigenvalue weighted by Gasteiger charge is 2.23. The second kappa shape index (κ2) is 4.51. The summed E-state index contributed by atoms with van der Waals surface area (Å²) in [5.74, 6) is -0.628. The number of aliphatic carboxylic acids is 1. The highest BCUT2D eigenvalue weighted by atomic mass is 16.6. The van der Waals surface area contributed by atoms with Crippen LogP contribution in [0.4, 0.5) is 0 Å². The molecule has 0 aromatic heterocycles. The fourth-order valence-electron chi connectivity index (χ4n) is 1.24. The van der Waals surface area contributed by atoms with E-state index in [1.165, 1.54) is 12.1 Å². The Labute approximate surface area is 92.2 Å². The van der Waals surface area contributed by atoms with E-state index in [9.17, 15) is 9.90 Å². The predicted octanol–water partition coefficient (Wildman–Crippen LogP) is 0.582. The van der Waals surface area contributed by atoms with Gasteiger partial charge in [-0.2, -0.15) is 0 Å². The number of carbonyl (C=O) groups is 1. The van der Waals surface area contributed by atoms with E-state index < -0.39 is 12.1 Å². The van der Waals surface area contributed by atoms with Gasteiger partial charge in [0.1, 0.15) is 18.5 Å². The fraction of sp³-hybridized carbons (Fsp3) is 0.364. The zero-order valence-corrected chi connectivity index (χ0v) is 8.50. The molecule has 5 heteroatoms. The molecule has 5 nitrogen and oxygen atoms in total. The summed E-state index contributed by atoms with van der Waals surface area (Å²) in [7, 11) is 0. The Morgan fingerprint density at radius 3 is 2.62 bits per heavy atom. The van der Waals surface area contributed by atoms with Crippen molar-refractivity contribution in [1.82, 2.24) is 0 Å². The molecule has 0 bridgehead atoms. The van der Waals surface area contributed by atoms with Crippen molar-refractivity contribution in [3.63, 3.8) is 0 Å². The van der Waals surface area contributed by atoms with Crippen LogP contribution in [0, 0.1) is 0 Å². The molecule has 1 fully saturated rings. The second-order valence-electron chi connectivity index (χ2n) is 3.58. The minimum absolute atomic E-state index is 0.185. The predicted molar refractivity (Wildman–Crippen MR) is 54.3 cm³/mol. The Kier molecular flexibility index (Phi) is 3.07. The minimum atomic E-state index is -1.49. The molecule has 1 aliphatic heterocycles. The summed E-state index contributed by atoms with van der Waals surface area (Å²) < 4.78 is 10.4. The van der Waals surface area contributed by atoms with Gasteiger partial charge in [-0.3, -0.25) is 0 Å². The van der Waals surface area contributed by atoms with Crippen LogP contribution in [-0.2, 0) is 9.53 Å². The monoisotopic (exact) mass is 224 g/mol. The number of ether oxygens (including phenoxy) is 2. The lowest BCUT2D eigenvalue weighted by Crippen LogP contribution is -2.10. The molecule has 16 heavy (non-hydrogen) atoms. The third-order valence-corrected chi connectivity index (χ3v) is 2.27. The molecule has 2 unspecified atom stereocenters. The molecule has 0 saturated carbocycles. The molecule has 1 heterocycles. The molecule has 0 spiro atoms. The van der Waals surface area contributed by atoms with E-state index in [0.29, 0.717) is 17.9 Å². The number of carboxylic acid groups (broad SMARTS) is 1. The molecule has 2 atom stereocenters. The van der Waals surface area contributed by atoms with Gasteiger partial charge >= 0.3 is 5.97 Å². The van der Waals surface area contributed by atoms with Crippen molar-refractivity contribution >= 4 is 5.97 Å². The van der Waals surface area contributed by atoms with Gasteiger partial charge in [0, 0.05) is 0 Å². The first-order valence-electron chi connectivity index (χ1n) is 4.92. The van der Waals surface area contributed by atoms with E-state index in [1.807, 2.05) is 0 Å². The zero-order valence-electron chi connectivity index (χ0n) is 8.50. The summed E-state index contributed by atoms with van der Waals surface area (Å²) >= 11 is 0. The lowest BCUT2D eigenvalue weighted by molar-refractivity contribution is -0.146. The molecule has 1 aliphatic rings. The molecule has 86 valence electrons. The van der Waals surface area contributed by atoms with Gasteiger partial charge in [-0.15, -0.1) is 0 Å². The van der Waals surface area contributed by atoms with Crippen LogP contribution in [0.3, 0.4) is 0 Å². The second-order valence-corrected chi connectivity index (χ2v) is 3.58. The number of aliphatic hydroxyl groups is 1. The van der Waals surface area contributed by atoms with Crippen LogP contribution in [0.25, 0.3) is 0 Å². The molecule has 1 aromatic carbocycles. The average molecular weight is 224 g/mol. The average Bonchev–Trinajstić information content (AvgIpc) is 3.10. The van der Waals surface area contributed by atoms with E-state index in [2.05, 4.69) is 0 Å². The number of carboxylic acids is 1. The van der Waals surface area contributed by atoms with E-state index in [-0.39, 0.29) is 6.10 Å². The maximum absolute atomic E-state index is 10.5. The summed E-state index contributed by atoms with van der Waals surface area (Å²) in [6, 6.07) is 6.32. The van der Waals surface area contributed by atoms with Gasteiger partial charge in [-0.05, 0) is 17.7 Å². The first kappa shape index (κ1) is 10.9. The molecule has 2 rings (SSSR count). The number of hydrogen-bond donors (Lipinski definition) is 2. The molecule has 1 saturated heterocycles. The van der Waals surface area contributed by atoms with Crippen molar-refractivity contribution in [3.8, 4) is 5.75 Å². The van der Waals surface area contributed by atoms with Gasteiger partial charge in [-0.1, -0.05) is 12.1 Å².